The van der Waals surface area contributed by atoms with E-state index in [1.54, 1.807) is 50.4 Å². The number of hydrogen-bond acceptors (Lipinski definition) is 5. The molecule has 0 aliphatic carbocycles. The van der Waals surface area contributed by atoms with Crippen LogP contribution in [0.3, 0.4) is 0 Å². The fourth-order valence-corrected chi connectivity index (χ4v) is 2.33. The number of nitrogens with zero attached hydrogens (tertiary/aromatic N) is 2. The van der Waals surface area contributed by atoms with Gasteiger partial charge < -0.3 is 15.4 Å². The molecule has 0 bridgehead atoms. The van der Waals surface area contributed by atoms with Gasteiger partial charge >= 0.3 is 0 Å². The molecule has 0 saturated heterocycles. The molecule has 2 aromatic carbocycles. The molecule has 0 unspecified atom stereocenters. The molecule has 0 saturated carbocycles. The van der Waals surface area contributed by atoms with E-state index in [2.05, 4.69) is 20.6 Å². The molecule has 132 valence electrons. The van der Waals surface area contributed by atoms with Crippen molar-refractivity contribution in [2.45, 2.75) is 6.92 Å². The maximum absolute atomic E-state index is 13.3. The van der Waals surface area contributed by atoms with Crippen LogP contribution in [-0.4, -0.2) is 23.0 Å². The zero-order chi connectivity index (χ0) is 18.5. The molecule has 1 amide bonds. The van der Waals surface area contributed by atoms with E-state index in [0.717, 1.165) is 0 Å². The van der Waals surface area contributed by atoms with E-state index >= 15 is 0 Å². The first-order valence-corrected chi connectivity index (χ1v) is 7.87. The number of hydrogen-bond donors (Lipinski definition) is 2. The minimum absolute atomic E-state index is 0.201. The van der Waals surface area contributed by atoms with E-state index in [1.807, 2.05) is 0 Å². The number of carbonyl (C=O) groups excluding carboxylic acids is 1. The highest BCUT2D eigenvalue weighted by Gasteiger charge is 2.11. The van der Waals surface area contributed by atoms with Gasteiger partial charge in [-0.2, -0.15) is 0 Å². The molecule has 1 heterocycles. The summed E-state index contributed by atoms with van der Waals surface area (Å²) in [6.07, 6.45) is 0. The maximum Gasteiger partial charge on any atom is 0.274 e. The molecule has 0 spiro atoms. The quantitative estimate of drug-likeness (QED) is 0.728. The van der Waals surface area contributed by atoms with Gasteiger partial charge in [-0.3, -0.25) is 4.79 Å². The number of rotatable bonds is 5. The summed E-state index contributed by atoms with van der Waals surface area (Å²) in [7, 11) is 1.57. The minimum atomic E-state index is -0.372. The van der Waals surface area contributed by atoms with Gasteiger partial charge in [-0.05, 0) is 49.4 Å². The van der Waals surface area contributed by atoms with Crippen LogP contribution in [0.1, 0.15) is 16.3 Å². The molecule has 26 heavy (non-hydrogen) atoms. The molecule has 7 heteroatoms. The van der Waals surface area contributed by atoms with Gasteiger partial charge in [-0.1, -0.05) is 6.07 Å². The molecule has 0 aliphatic rings. The number of halogens is 1. The van der Waals surface area contributed by atoms with E-state index in [-0.39, 0.29) is 17.4 Å². The summed E-state index contributed by atoms with van der Waals surface area (Å²) in [5, 5.41) is 5.74. The van der Waals surface area contributed by atoms with Crippen LogP contribution in [-0.2, 0) is 0 Å². The predicted molar refractivity (Wildman–Crippen MR) is 97.4 cm³/mol. The summed E-state index contributed by atoms with van der Waals surface area (Å²) in [5.41, 5.74) is 1.35. The Hall–Kier alpha value is -3.48. The van der Waals surface area contributed by atoms with Crippen molar-refractivity contribution in [3.8, 4) is 5.75 Å². The third-order valence-corrected chi connectivity index (χ3v) is 3.52. The Balaban J connectivity index is 1.78. The predicted octanol–water partition coefficient (Wildman–Crippen LogP) is 3.93. The SMILES string of the molecule is COc1ccc(NC(=O)c2cc(Nc3cccc(F)c3)nc(C)n2)cc1. The van der Waals surface area contributed by atoms with Crippen molar-refractivity contribution >= 4 is 23.1 Å². The molecular weight excluding hydrogens is 335 g/mol. The lowest BCUT2D eigenvalue weighted by molar-refractivity contribution is 0.102. The molecule has 0 radical (unpaired) electrons. The first-order valence-electron chi connectivity index (χ1n) is 7.87. The molecule has 1 aromatic heterocycles. The van der Waals surface area contributed by atoms with E-state index < -0.39 is 0 Å². The van der Waals surface area contributed by atoms with Gasteiger partial charge in [0.15, 0.2) is 0 Å². The average molecular weight is 352 g/mol. The summed E-state index contributed by atoms with van der Waals surface area (Å²) in [4.78, 5) is 20.8. The van der Waals surface area contributed by atoms with Gasteiger partial charge in [0.05, 0.1) is 7.11 Å². The Morgan fingerprint density at radius 3 is 2.50 bits per heavy atom. The van der Waals surface area contributed by atoms with Crippen LogP contribution >= 0.6 is 0 Å². The number of anilines is 3. The van der Waals surface area contributed by atoms with Crippen LogP contribution in [0.25, 0.3) is 0 Å². The smallest absolute Gasteiger partial charge is 0.274 e. The second-order valence-electron chi connectivity index (χ2n) is 5.50. The fraction of sp³-hybridized carbons (Fsp3) is 0.105. The number of benzene rings is 2. The Bertz CT molecular complexity index is 929. The van der Waals surface area contributed by atoms with Crippen molar-refractivity contribution in [3.05, 3.63) is 71.9 Å². The third kappa shape index (κ3) is 4.32. The van der Waals surface area contributed by atoms with Gasteiger partial charge in [0.1, 0.15) is 28.9 Å². The highest BCUT2D eigenvalue weighted by Crippen LogP contribution is 2.18. The second kappa shape index (κ2) is 7.60. The molecule has 3 aromatic rings. The number of carbonyl (C=O) groups is 1. The van der Waals surface area contributed by atoms with Crippen LogP contribution in [0.2, 0.25) is 0 Å². The van der Waals surface area contributed by atoms with E-state index in [0.29, 0.717) is 28.8 Å². The topological polar surface area (TPSA) is 76.1 Å². The monoisotopic (exact) mass is 352 g/mol. The molecule has 0 fully saturated rings. The molecule has 3 rings (SSSR count). The highest BCUT2D eigenvalue weighted by atomic mass is 19.1. The van der Waals surface area contributed by atoms with Crippen LogP contribution in [0.4, 0.5) is 21.6 Å². The van der Waals surface area contributed by atoms with Crippen molar-refractivity contribution in [1.29, 1.82) is 0 Å². The summed E-state index contributed by atoms with van der Waals surface area (Å²) in [6.45, 7) is 1.68. The maximum atomic E-state index is 13.3. The van der Waals surface area contributed by atoms with Crippen molar-refractivity contribution in [1.82, 2.24) is 9.97 Å². The largest absolute Gasteiger partial charge is 0.497 e. The summed E-state index contributed by atoms with van der Waals surface area (Å²) >= 11 is 0. The van der Waals surface area contributed by atoms with Crippen molar-refractivity contribution in [3.63, 3.8) is 0 Å². The molecule has 6 nitrogen and oxygen atoms in total. The van der Waals surface area contributed by atoms with E-state index in [4.69, 9.17) is 4.74 Å². The number of aryl methyl sites for hydroxylation is 1. The minimum Gasteiger partial charge on any atom is -0.497 e. The molecule has 2 N–H and O–H groups in total. The summed E-state index contributed by atoms with van der Waals surface area (Å²) < 4.78 is 18.4. The lowest BCUT2D eigenvalue weighted by Gasteiger charge is -2.09. The number of ether oxygens (including phenoxy) is 1. The van der Waals surface area contributed by atoms with Crippen LogP contribution in [0.15, 0.2) is 54.6 Å². The third-order valence-electron chi connectivity index (χ3n) is 3.52. The summed E-state index contributed by atoms with van der Waals surface area (Å²) in [6, 6.07) is 14.5. The fourth-order valence-electron chi connectivity index (χ4n) is 2.33. The lowest BCUT2D eigenvalue weighted by Crippen LogP contribution is -2.15. The molecule has 0 atom stereocenters. The Kier molecular flexibility index (Phi) is 5.07. The lowest BCUT2D eigenvalue weighted by atomic mass is 10.2. The first kappa shape index (κ1) is 17.3. The van der Waals surface area contributed by atoms with Crippen molar-refractivity contribution in [2.75, 3.05) is 17.7 Å². The number of amides is 1. The van der Waals surface area contributed by atoms with Crippen LogP contribution < -0.4 is 15.4 Å². The van der Waals surface area contributed by atoms with Gasteiger partial charge in [-0.25, -0.2) is 14.4 Å². The van der Waals surface area contributed by atoms with Gasteiger partial charge in [0.2, 0.25) is 0 Å². The Labute approximate surface area is 150 Å². The Morgan fingerprint density at radius 1 is 1.04 bits per heavy atom. The molecular formula is C19H17FN4O2. The van der Waals surface area contributed by atoms with Crippen LogP contribution in [0, 0.1) is 12.7 Å². The average Bonchev–Trinajstić information content (AvgIpc) is 2.62. The number of aromatic nitrogens is 2. The van der Waals surface area contributed by atoms with E-state index in [1.165, 1.54) is 18.2 Å². The zero-order valence-electron chi connectivity index (χ0n) is 14.3. The number of nitrogens with one attached hydrogen (secondary N) is 2. The Morgan fingerprint density at radius 2 is 1.81 bits per heavy atom. The standard InChI is InChI=1S/C19H17FN4O2/c1-12-21-17(19(25)24-14-6-8-16(26-2)9-7-14)11-18(22-12)23-15-5-3-4-13(20)10-15/h3-11H,1-2H3,(H,24,25)(H,21,22,23). The summed E-state index contributed by atoms with van der Waals surface area (Å²) in [5.74, 6) is 0.790. The van der Waals surface area contributed by atoms with Gasteiger partial charge in [0.25, 0.3) is 5.91 Å². The number of methoxy groups -OCH3 is 1. The van der Waals surface area contributed by atoms with Crippen LogP contribution in [0.5, 0.6) is 5.75 Å². The second-order valence-corrected chi connectivity index (χ2v) is 5.50. The highest BCUT2D eigenvalue weighted by molar-refractivity contribution is 6.03. The van der Waals surface area contributed by atoms with Crippen molar-refractivity contribution < 1.29 is 13.9 Å². The first-order chi connectivity index (χ1) is 12.5. The van der Waals surface area contributed by atoms with E-state index in [9.17, 15) is 9.18 Å². The van der Waals surface area contributed by atoms with Gasteiger partial charge in [0, 0.05) is 17.4 Å². The zero-order valence-corrected chi connectivity index (χ0v) is 14.3. The molecule has 0 aliphatic heterocycles. The normalized spacial score (nSPS) is 10.3. The van der Waals surface area contributed by atoms with Gasteiger partial charge in [-0.15, -0.1) is 0 Å². The van der Waals surface area contributed by atoms with Crippen molar-refractivity contribution in [2.24, 2.45) is 0 Å².